The van der Waals surface area contributed by atoms with Crippen LogP contribution in [0.15, 0.2) is 86.9 Å². The molecule has 0 fully saturated rings. The predicted molar refractivity (Wildman–Crippen MR) is 127 cm³/mol. The summed E-state index contributed by atoms with van der Waals surface area (Å²) in [4.78, 5) is 31.2. The molecule has 3 aromatic carbocycles. The van der Waals surface area contributed by atoms with Crippen LogP contribution in [0.4, 0.5) is 0 Å². The van der Waals surface area contributed by atoms with Crippen LogP contribution in [0.25, 0.3) is 28.0 Å². The molecular weight excluding hydrogens is 416 g/mol. The minimum atomic E-state index is -0.460. The molecule has 7 nitrogen and oxygen atoms in total. The summed E-state index contributed by atoms with van der Waals surface area (Å²) in [7, 11) is 0. The molecule has 0 radical (unpaired) electrons. The van der Waals surface area contributed by atoms with E-state index in [1.807, 2.05) is 43.3 Å². The maximum Gasteiger partial charge on any atom is 0.336 e. The molecule has 0 N–H and O–H groups in total. The summed E-state index contributed by atoms with van der Waals surface area (Å²) in [6.07, 6.45) is 0.873. The van der Waals surface area contributed by atoms with Crippen LogP contribution in [0.1, 0.15) is 23.9 Å². The average molecular weight is 438 g/mol. The van der Waals surface area contributed by atoms with E-state index in [-0.39, 0.29) is 18.0 Å². The van der Waals surface area contributed by atoms with Gasteiger partial charge in [-0.25, -0.2) is 9.36 Å². The van der Waals surface area contributed by atoms with Crippen LogP contribution in [0.5, 0.6) is 0 Å². The van der Waals surface area contributed by atoms with Gasteiger partial charge in [0.1, 0.15) is 6.54 Å². The Morgan fingerprint density at radius 1 is 0.909 bits per heavy atom. The second-order valence-corrected chi connectivity index (χ2v) is 7.92. The molecule has 0 aliphatic rings. The molecule has 7 heteroatoms. The summed E-state index contributed by atoms with van der Waals surface area (Å²) in [6.45, 7) is 4.11. The van der Waals surface area contributed by atoms with Crippen LogP contribution in [0.2, 0.25) is 0 Å². The van der Waals surface area contributed by atoms with Crippen molar-refractivity contribution in [3.05, 3.63) is 111 Å². The maximum absolute atomic E-state index is 13.5. The van der Waals surface area contributed by atoms with Crippen molar-refractivity contribution in [1.29, 1.82) is 0 Å². The third-order valence-corrected chi connectivity index (χ3v) is 5.72. The van der Waals surface area contributed by atoms with E-state index in [0.29, 0.717) is 22.4 Å². The molecule has 0 aliphatic heterocycles. The standard InChI is InChI=1S/C26H22N4O3/c1-3-18-10-14-20(15-11-18)30-25(31)21-6-4-5-7-22(21)29(26(30)32)16-23-27-24(28-33-23)19-12-8-17(2)9-13-19/h4-15H,3,16H2,1-2H3. The summed E-state index contributed by atoms with van der Waals surface area (Å²) >= 11 is 0. The lowest BCUT2D eigenvalue weighted by atomic mass is 10.1. The molecule has 0 amide bonds. The third-order valence-electron chi connectivity index (χ3n) is 5.72. The van der Waals surface area contributed by atoms with Gasteiger partial charge in [0.15, 0.2) is 0 Å². The second-order valence-electron chi connectivity index (χ2n) is 7.92. The number of hydrogen-bond acceptors (Lipinski definition) is 5. The smallest absolute Gasteiger partial charge is 0.336 e. The zero-order valence-electron chi connectivity index (χ0n) is 18.4. The molecule has 2 heterocycles. The molecular formula is C26H22N4O3. The fourth-order valence-corrected chi connectivity index (χ4v) is 3.86. The van der Waals surface area contributed by atoms with Crippen LogP contribution in [-0.4, -0.2) is 19.3 Å². The Labute approximate surface area is 189 Å². The summed E-state index contributed by atoms with van der Waals surface area (Å²) in [5.41, 5.74) is 3.31. The van der Waals surface area contributed by atoms with Crippen molar-refractivity contribution < 1.29 is 4.52 Å². The van der Waals surface area contributed by atoms with E-state index in [1.165, 1.54) is 9.13 Å². The summed E-state index contributed by atoms with van der Waals surface area (Å²) in [5.74, 6) is 0.732. The molecule has 2 aromatic heterocycles. The van der Waals surface area contributed by atoms with Crippen molar-refractivity contribution in [3.8, 4) is 17.1 Å². The van der Waals surface area contributed by atoms with Crippen molar-refractivity contribution in [1.82, 2.24) is 19.3 Å². The van der Waals surface area contributed by atoms with Crippen molar-refractivity contribution >= 4 is 10.9 Å². The molecule has 5 rings (SSSR count). The van der Waals surface area contributed by atoms with Crippen LogP contribution < -0.4 is 11.2 Å². The normalized spacial score (nSPS) is 11.2. The Morgan fingerprint density at radius 2 is 1.64 bits per heavy atom. The van der Waals surface area contributed by atoms with E-state index in [0.717, 1.165) is 23.1 Å². The number of rotatable bonds is 5. The highest BCUT2D eigenvalue weighted by Gasteiger charge is 2.17. The van der Waals surface area contributed by atoms with E-state index >= 15 is 0 Å². The maximum atomic E-state index is 13.5. The van der Waals surface area contributed by atoms with Crippen LogP contribution in [0.3, 0.4) is 0 Å². The van der Waals surface area contributed by atoms with Crippen LogP contribution in [-0.2, 0) is 13.0 Å². The quantitative estimate of drug-likeness (QED) is 0.412. The van der Waals surface area contributed by atoms with Gasteiger partial charge >= 0.3 is 5.69 Å². The van der Waals surface area contributed by atoms with Gasteiger partial charge in [0.05, 0.1) is 16.6 Å². The minimum absolute atomic E-state index is 0.0472. The average Bonchev–Trinajstić information content (AvgIpc) is 3.31. The fourth-order valence-electron chi connectivity index (χ4n) is 3.86. The van der Waals surface area contributed by atoms with Gasteiger partial charge < -0.3 is 4.52 Å². The van der Waals surface area contributed by atoms with Crippen molar-refractivity contribution in [3.63, 3.8) is 0 Å². The predicted octanol–water partition coefficient (Wildman–Crippen LogP) is 4.12. The number of para-hydroxylation sites is 1. The number of benzene rings is 3. The zero-order chi connectivity index (χ0) is 22.9. The SMILES string of the molecule is CCc1ccc(-n2c(=O)c3ccccc3n(Cc3nc(-c4ccc(C)cc4)no3)c2=O)cc1. The van der Waals surface area contributed by atoms with Gasteiger partial charge in [-0.1, -0.05) is 66.2 Å². The molecule has 0 atom stereocenters. The van der Waals surface area contributed by atoms with E-state index in [4.69, 9.17) is 4.52 Å². The zero-order valence-corrected chi connectivity index (χ0v) is 18.4. The van der Waals surface area contributed by atoms with Crippen molar-refractivity contribution in [2.24, 2.45) is 0 Å². The van der Waals surface area contributed by atoms with Gasteiger partial charge in [0, 0.05) is 5.56 Å². The first-order chi connectivity index (χ1) is 16.0. The Bertz CT molecular complexity index is 1560. The summed E-state index contributed by atoms with van der Waals surface area (Å²) in [5, 5.41) is 4.51. The molecule has 0 spiro atoms. The molecule has 0 unspecified atom stereocenters. The lowest BCUT2D eigenvalue weighted by Gasteiger charge is -2.13. The molecule has 0 aliphatic carbocycles. The van der Waals surface area contributed by atoms with Gasteiger partial charge in [0.2, 0.25) is 11.7 Å². The van der Waals surface area contributed by atoms with Crippen LogP contribution >= 0.6 is 0 Å². The summed E-state index contributed by atoms with van der Waals surface area (Å²) < 4.78 is 8.15. The van der Waals surface area contributed by atoms with Gasteiger partial charge in [-0.05, 0) is 43.2 Å². The lowest BCUT2D eigenvalue weighted by Crippen LogP contribution is -2.39. The summed E-state index contributed by atoms with van der Waals surface area (Å²) in [6, 6.07) is 22.3. The fraction of sp³-hybridized carbons (Fsp3) is 0.154. The van der Waals surface area contributed by atoms with Gasteiger partial charge in [-0.15, -0.1) is 0 Å². The first-order valence-electron chi connectivity index (χ1n) is 10.8. The Balaban J connectivity index is 1.63. The number of aryl methyl sites for hydroxylation is 2. The van der Waals surface area contributed by atoms with Crippen molar-refractivity contribution in [2.75, 3.05) is 0 Å². The molecule has 5 aromatic rings. The molecule has 164 valence electrons. The van der Waals surface area contributed by atoms with Gasteiger partial charge in [0.25, 0.3) is 5.56 Å². The Kier molecular flexibility index (Phi) is 5.22. The number of fused-ring (bicyclic) bond motifs is 1. The Hall–Kier alpha value is -4.26. The van der Waals surface area contributed by atoms with E-state index < -0.39 is 5.69 Å². The van der Waals surface area contributed by atoms with E-state index in [9.17, 15) is 9.59 Å². The lowest BCUT2D eigenvalue weighted by molar-refractivity contribution is 0.370. The third kappa shape index (κ3) is 3.78. The first-order valence-corrected chi connectivity index (χ1v) is 10.8. The van der Waals surface area contributed by atoms with E-state index in [1.54, 1.807) is 36.4 Å². The number of nitrogens with zero attached hydrogens (tertiary/aromatic N) is 4. The Morgan fingerprint density at radius 3 is 2.36 bits per heavy atom. The molecule has 33 heavy (non-hydrogen) atoms. The largest absolute Gasteiger partial charge is 0.337 e. The highest BCUT2D eigenvalue weighted by atomic mass is 16.5. The molecule has 0 saturated heterocycles. The number of hydrogen-bond donors (Lipinski definition) is 0. The first kappa shape index (κ1) is 20.6. The topological polar surface area (TPSA) is 82.9 Å². The second kappa shape index (κ2) is 8.35. The van der Waals surface area contributed by atoms with Crippen molar-refractivity contribution in [2.45, 2.75) is 26.8 Å². The molecule has 0 saturated carbocycles. The number of aromatic nitrogens is 4. The van der Waals surface area contributed by atoms with Gasteiger partial charge in [-0.2, -0.15) is 4.98 Å². The van der Waals surface area contributed by atoms with Gasteiger partial charge in [-0.3, -0.25) is 9.36 Å². The van der Waals surface area contributed by atoms with Crippen LogP contribution in [0, 0.1) is 6.92 Å². The highest BCUT2D eigenvalue weighted by molar-refractivity contribution is 5.78. The highest BCUT2D eigenvalue weighted by Crippen LogP contribution is 2.18. The molecule has 0 bridgehead atoms. The minimum Gasteiger partial charge on any atom is -0.337 e. The monoisotopic (exact) mass is 438 g/mol. The van der Waals surface area contributed by atoms with E-state index in [2.05, 4.69) is 17.1 Å².